The van der Waals surface area contributed by atoms with Crippen LogP contribution < -0.4 is 10.5 Å². The summed E-state index contributed by atoms with van der Waals surface area (Å²) in [7, 11) is 1.55. The first-order valence-corrected chi connectivity index (χ1v) is 6.84. The van der Waals surface area contributed by atoms with E-state index in [9.17, 15) is 4.79 Å². The second-order valence-corrected chi connectivity index (χ2v) is 5.31. The zero-order valence-electron chi connectivity index (χ0n) is 12.5. The first-order chi connectivity index (χ1) is 10.0. The van der Waals surface area contributed by atoms with Gasteiger partial charge in [0.15, 0.2) is 5.78 Å². The SMILES string of the molecule is COc1ccc(N)c(C(=O)Cc2ncnn2CC(C)C)c1. The molecule has 0 saturated heterocycles. The maximum Gasteiger partial charge on any atom is 0.172 e. The number of carbonyl (C=O) groups excluding carboxylic acids is 1. The minimum Gasteiger partial charge on any atom is -0.497 e. The molecule has 6 heteroatoms. The summed E-state index contributed by atoms with van der Waals surface area (Å²) in [5.74, 6) is 1.60. The van der Waals surface area contributed by atoms with Crippen LogP contribution in [0, 0.1) is 5.92 Å². The number of nitrogens with zero attached hydrogens (tertiary/aromatic N) is 3. The predicted octanol–water partition coefficient (Wildman–Crippen LogP) is 1.95. The molecule has 1 aromatic carbocycles. The number of methoxy groups -OCH3 is 1. The Morgan fingerprint density at radius 1 is 1.43 bits per heavy atom. The highest BCUT2D eigenvalue weighted by atomic mass is 16.5. The topological polar surface area (TPSA) is 83.0 Å². The Kier molecular flexibility index (Phi) is 4.57. The van der Waals surface area contributed by atoms with E-state index in [1.54, 1.807) is 30.0 Å². The van der Waals surface area contributed by atoms with E-state index >= 15 is 0 Å². The Morgan fingerprint density at radius 2 is 2.19 bits per heavy atom. The van der Waals surface area contributed by atoms with Crippen molar-refractivity contribution in [2.75, 3.05) is 12.8 Å². The smallest absolute Gasteiger partial charge is 0.172 e. The molecule has 2 aromatic rings. The third kappa shape index (κ3) is 3.59. The molecule has 112 valence electrons. The number of aromatic nitrogens is 3. The van der Waals surface area contributed by atoms with Crippen LogP contribution in [-0.2, 0) is 13.0 Å². The first-order valence-electron chi connectivity index (χ1n) is 6.84. The van der Waals surface area contributed by atoms with Crippen LogP contribution >= 0.6 is 0 Å². The summed E-state index contributed by atoms with van der Waals surface area (Å²) < 4.78 is 6.89. The van der Waals surface area contributed by atoms with Crippen LogP contribution in [0.4, 0.5) is 5.69 Å². The Bertz CT molecular complexity index is 634. The summed E-state index contributed by atoms with van der Waals surface area (Å²) in [5, 5.41) is 4.16. The third-order valence-electron chi connectivity index (χ3n) is 3.11. The molecule has 0 aliphatic rings. The largest absolute Gasteiger partial charge is 0.497 e. The van der Waals surface area contributed by atoms with E-state index in [4.69, 9.17) is 10.5 Å². The van der Waals surface area contributed by atoms with Crippen LogP contribution in [0.1, 0.15) is 30.0 Å². The van der Waals surface area contributed by atoms with Crippen LogP contribution in [0.25, 0.3) is 0 Å². The summed E-state index contributed by atoms with van der Waals surface area (Å²) in [6.07, 6.45) is 1.64. The van der Waals surface area contributed by atoms with Crippen molar-refractivity contribution in [1.29, 1.82) is 0 Å². The molecule has 21 heavy (non-hydrogen) atoms. The van der Waals surface area contributed by atoms with Gasteiger partial charge in [-0.15, -0.1) is 0 Å². The van der Waals surface area contributed by atoms with Crippen LogP contribution in [0.15, 0.2) is 24.5 Å². The van der Waals surface area contributed by atoms with E-state index in [2.05, 4.69) is 23.9 Å². The fourth-order valence-corrected chi connectivity index (χ4v) is 2.07. The number of rotatable bonds is 6. The molecular weight excluding hydrogens is 268 g/mol. The van der Waals surface area contributed by atoms with Crippen molar-refractivity contribution < 1.29 is 9.53 Å². The lowest BCUT2D eigenvalue weighted by Crippen LogP contribution is -2.15. The van der Waals surface area contributed by atoms with Gasteiger partial charge in [0.1, 0.15) is 17.9 Å². The summed E-state index contributed by atoms with van der Waals surface area (Å²) in [5.41, 5.74) is 6.77. The second-order valence-electron chi connectivity index (χ2n) is 5.31. The Hall–Kier alpha value is -2.37. The van der Waals surface area contributed by atoms with Gasteiger partial charge < -0.3 is 10.5 Å². The molecule has 0 aliphatic carbocycles. The number of benzene rings is 1. The third-order valence-corrected chi connectivity index (χ3v) is 3.11. The number of hydrogen-bond acceptors (Lipinski definition) is 5. The molecule has 6 nitrogen and oxygen atoms in total. The standard InChI is InChI=1S/C15H20N4O2/c1-10(2)8-19-15(17-9-18-19)7-14(20)12-6-11(21-3)4-5-13(12)16/h4-6,9-10H,7-8,16H2,1-3H3. The monoisotopic (exact) mass is 288 g/mol. The molecule has 0 amide bonds. The molecule has 0 fully saturated rings. The molecule has 0 saturated carbocycles. The van der Waals surface area contributed by atoms with Crippen LogP contribution in [0.2, 0.25) is 0 Å². The zero-order chi connectivity index (χ0) is 15.4. The van der Waals surface area contributed by atoms with Gasteiger partial charge in [0.25, 0.3) is 0 Å². The first kappa shape index (κ1) is 15.0. The van der Waals surface area contributed by atoms with Gasteiger partial charge in [0.05, 0.1) is 13.5 Å². The van der Waals surface area contributed by atoms with Gasteiger partial charge >= 0.3 is 0 Å². The number of nitrogen functional groups attached to an aromatic ring is 1. The second kappa shape index (κ2) is 6.39. The fourth-order valence-electron chi connectivity index (χ4n) is 2.07. The zero-order valence-corrected chi connectivity index (χ0v) is 12.5. The van der Waals surface area contributed by atoms with Gasteiger partial charge in [-0.2, -0.15) is 5.10 Å². The quantitative estimate of drug-likeness (QED) is 0.649. The van der Waals surface area contributed by atoms with Crippen LogP contribution in [0.3, 0.4) is 0 Å². The summed E-state index contributed by atoms with van der Waals surface area (Å²) >= 11 is 0. The summed E-state index contributed by atoms with van der Waals surface area (Å²) in [6, 6.07) is 5.05. The Morgan fingerprint density at radius 3 is 2.86 bits per heavy atom. The molecule has 0 unspecified atom stereocenters. The highest BCUT2D eigenvalue weighted by Crippen LogP contribution is 2.21. The van der Waals surface area contributed by atoms with E-state index in [1.165, 1.54) is 6.33 Å². The van der Waals surface area contributed by atoms with E-state index in [-0.39, 0.29) is 12.2 Å². The Balaban J connectivity index is 2.20. The fraction of sp³-hybridized carbons (Fsp3) is 0.400. The molecule has 1 aromatic heterocycles. The van der Waals surface area contributed by atoms with Crippen LogP contribution in [0.5, 0.6) is 5.75 Å². The number of Topliss-reactive ketones (excluding diaryl/α,β-unsaturated/α-hetero) is 1. The lowest BCUT2D eigenvalue weighted by atomic mass is 10.1. The molecule has 1 heterocycles. The molecule has 0 radical (unpaired) electrons. The van der Waals surface area contributed by atoms with Gasteiger partial charge in [0.2, 0.25) is 0 Å². The maximum absolute atomic E-state index is 12.4. The van der Waals surface area contributed by atoms with Crippen molar-refractivity contribution in [1.82, 2.24) is 14.8 Å². The molecule has 0 spiro atoms. The minimum absolute atomic E-state index is 0.0931. The lowest BCUT2D eigenvalue weighted by Gasteiger charge is -2.10. The maximum atomic E-state index is 12.4. The molecule has 2 rings (SSSR count). The van der Waals surface area contributed by atoms with E-state index in [1.807, 2.05) is 0 Å². The number of ether oxygens (including phenoxy) is 1. The average Bonchev–Trinajstić information content (AvgIpc) is 2.85. The Labute approximate surface area is 123 Å². The summed E-state index contributed by atoms with van der Waals surface area (Å²) in [6.45, 7) is 4.91. The highest BCUT2D eigenvalue weighted by Gasteiger charge is 2.16. The van der Waals surface area contributed by atoms with Crippen molar-refractivity contribution in [2.24, 2.45) is 5.92 Å². The number of carbonyl (C=O) groups is 1. The van der Waals surface area contributed by atoms with E-state index in [0.717, 1.165) is 6.54 Å². The van der Waals surface area contributed by atoms with E-state index < -0.39 is 0 Å². The van der Waals surface area contributed by atoms with Gasteiger partial charge in [-0.25, -0.2) is 9.67 Å². The predicted molar refractivity (Wildman–Crippen MR) is 80.3 cm³/mol. The number of nitrogens with two attached hydrogens (primary N) is 1. The van der Waals surface area contributed by atoms with Crippen LogP contribution in [-0.4, -0.2) is 27.7 Å². The van der Waals surface area contributed by atoms with Gasteiger partial charge in [0, 0.05) is 17.8 Å². The molecule has 2 N–H and O–H groups in total. The minimum atomic E-state index is -0.0931. The van der Waals surface area contributed by atoms with Gasteiger partial charge in [-0.1, -0.05) is 13.8 Å². The number of anilines is 1. The molecule has 0 bridgehead atoms. The van der Waals surface area contributed by atoms with Crippen molar-refractivity contribution in [2.45, 2.75) is 26.8 Å². The average molecular weight is 288 g/mol. The van der Waals surface area contributed by atoms with Gasteiger partial charge in [-0.3, -0.25) is 4.79 Å². The summed E-state index contributed by atoms with van der Waals surface area (Å²) in [4.78, 5) is 16.6. The van der Waals surface area contributed by atoms with Gasteiger partial charge in [-0.05, 0) is 24.1 Å². The highest BCUT2D eigenvalue weighted by molar-refractivity contribution is 6.02. The molecule has 0 atom stereocenters. The normalized spacial score (nSPS) is 10.9. The van der Waals surface area contributed by atoms with Crippen molar-refractivity contribution in [3.05, 3.63) is 35.9 Å². The number of ketones is 1. The van der Waals surface area contributed by atoms with Crippen molar-refractivity contribution >= 4 is 11.5 Å². The van der Waals surface area contributed by atoms with Crippen molar-refractivity contribution in [3.8, 4) is 5.75 Å². The molecule has 0 aliphatic heterocycles. The van der Waals surface area contributed by atoms with E-state index in [0.29, 0.717) is 28.7 Å². The number of hydrogen-bond donors (Lipinski definition) is 1. The molecular formula is C15H20N4O2. The lowest BCUT2D eigenvalue weighted by molar-refractivity contribution is 0.0989. The van der Waals surface area contributed by atoms with Crippen molar-refractivity contribution in [3.63, 3.8) is 0 Å².